The number of aryl methyl sites for hydroxylation is 1. The molecule has 122 valence electrons. The minimum absolute atomic E-state index is 0.0203. The number of rotatable bonds is 5. The van der Waals surface area contributed by atoms with Crippen LogP contribution in [0.25, 0.3) is 0 Å². The van der Waals surface area contributed by atoms with Gasteiger partial charge in [0.1, 0.15) is 0 Å². The number of fused-ring (bicyclic) bond motifs is 1. The molecule has 2 heterocycles. The lowest BCUT2D eigenvalue weighted by molar-refractivity contribution is -0.168. The van der Waals surface area contributed by atoms with Gasteiger partial charge in [-0.25, -0.2) is 9.78 Å². The predicted molar refractivity (Wildman–Crippen MR) is 82.1 cm³/mol. The summed E-state index contributed by atoms with van der Waals surface area (Å²) in [6.45, 7) is 0. The average Bonchev–Trinajstić information content (AvgIpc) is 2.85. The lowest BCUT2D eigenvalue weighted by Gasteiger charge is -2.12. The Balaban J connectivity index is 1.62. The Bertz CT molecular complexity index is 783. The first-order valence-corrected chi connectivity index (χ1v) is 7.28. The van der Waals surface area contributed by atoms with Gasteiger partial charge in [0.2, 0.25) is 5.88 Å². The maximum Gasteiger partial charge on any atom is 0.333 e. The molecule has 2 amide bonds. The van der Waals surface area contributed by atoms with Crippen LogP contribution in [0, 0.1) is 0 Å². The van der Waals surface area contributed by atoms with Crippen molar-refractivity contribution in [2.24, 2.45) is 0 Å². The molecule has 0 atom stereocenters. The first kappa shape index (κ1) is 15.7. The summed E-state index contributed by atoms with van der Waals surface area (Å²) >= 11 is 0. The number of hydroxylamine groups is 2. The van der Waals surface area contributed by atoms with Crippen LogP contribution in [0.15, 0.2) is 42.5 Å². The van der Waals surface area contributed by atoms with Crippen LogP contribution in [0.5, 0.6) is 5.88 Å². The number of hydrogen-bond donors (Lipinski definition) is 0. The largest absolute Gasteiger partial charge is 0.481 e. The standard InChI is InChI=1S/C17H14N2O5/c1-23-14-8-4-5-11(18-14)9-10-15(20)24-19-16(21)12-6-2-3-7-13(12)17(19)22/h2-8H,9-10H2,1H3. The van der Waals surface area contributed by atoms with E-state index in [9.17, 15) is 14.4 Å². The molecule has 0 unspecified atom stereocenters. The molecule has 0 N–H and O–H groups in total. The maximum absolute atomic E-state index is 12.1. The first-order valence-electron chi connectivity index (χ1n) is 7.28. The number of ether oxygens (including phenoxy) is 1. The minimum atomic E-state index is -0.686. The Morgan fingerprint density at radius 3 is 2.33 bits per heavy atom. The second kappa shape index (κ2) is 6.49. The van der Waals surface area contributed by atoms with E-state index >= 15 is 0 Å². The number of nitrogens with zero attached hydrogens (tertiary/aromatic N) is 2. The van der Waals surface area contributed by atoms with E-state index < -0.39 is 17.8 Å². The van der Waals surface area contributed by atoms with Gasteiger partial charge in [0.25, 0.3) is 11.8 Å². The zero-order valence-corrected chi connectivity index (χ0v) is 12.9. The monoisotopic (exact) mass is 326 g/mol. The van der Waals surface area contributed by atoms with E-state index in [-0.39, 0.29) is 17.5 Å². The molecule has 0 fully saturated rings. The molecule has 3 rings (SSSR count). The molecule has 0 radical (unpaired) electrons. The molecule has 24 heavy (non-hydrogen) atoms. The Morgan fingerprint density at radius 1 is 1.04 bits per heavy atom. The molecule has 2 aromatic rings. The summed E-state index contributed by atoms with van der Waals surface area (Å²) in [7, 11) is 1.50. The molecule has 1 aliphatic heterocycles. The highest BCUT2D eigenvalue weighted by molar-refractivity contribution is 6.20. The van der Waals surface area contributed by atoms with Crippen LogP contribution in [-0.2, 0) is 16.1 Å². The van der Waals surface area contributed by atoms with Crippen molar-refractivity contribution in [1.29, 1.82) is 0 Å². The molecule has 0 spiro atoms. The summed E-state index contributed by atoms with van der Waals surface area (Å²) < 4.78 is 5.01. The van der Waals surface area contributed by atoms with Crippen LogP contribution in [-0.4, -0.2) is 34.9 Å². The summed E-state index contributed by atoms with van der Waals surface area (Å²) in [5, 5.41) is 0.506. The van der Waals surface area contributed by atoms with Gasteiger partial charge >= 0.3 is 5.97 Å². The molecule has 1 aromatic carbocycles. The number of carbonyl (C=O) groups is 3. The van der Waals surface area contributed by atoms with Gasteiger partial charge < -0.3 is 9.57 Å². The van der Waals surface area contributed by atoms with Crippen molar-refractivity contribution in [3.05, 3.63) is 59.3 Å². The van der Waals surface area contributed by atoms with Gasteiger partial charge in [-0.1, -0.05) is 23.3 Å². The third kappa shape index (κ3) is 2.96. The van der Waals surface area contributed by atoms with Crippen LogP contribution in [0.3, 0.4) is 0 Å². The molecule has 0 saturated heterocycles. The molecule has 7 heteroatoms. The molecular formula is C17H14N2O5. The Labute approximate surface area is 137 Å². The van der Waals surface area contributed by atoms with Crippen LogP contribution >= 0.6 is 0 Å². The summed E-state index contributed by atoms with van der Waals surface area (Å²) in [5.41, 5.74) is 1.10. The SMILES string of the molecule is COc1cccc(CCC(=O)ON2C(=O)c3ccccc3C2=O)n1. The van der Waals surface area contributed by atoms with E-state index in [2.05, 4.69) is 4.98 Å². The fourth-order valence-electron chi connectivity index (χ4n) is 2.34. The third-order valence-corrected chi connectivity index (χ3v) is 3.53. The summed E-state index contributed by atoms with van der Waals surface area (Å²) in [4.78, 5) is 45.3. The van der Waals surface area contributed by atoms with Crippen molar-refractivity contribution in [2.45, 2.75) is 12.8 Å². The van der Waals surface area contributed by atoms with Crippen molar-refractivity contribution in [1.82, 2.24) is 10.0 Å². The number of carbonyl (C=O) groups excluding carboxylic acids is 3. The van der Waals surface area contributed by atoms with Gasteiger partial charge in [-0.3, -0.25) is 9.59 Å². The van der Waals surface area contributed by atoms with Gasteiger partial charge in [0, 0.05) is 18.2 Å². The molecule has 0 saturated carbocycles. The van der Waals surface area contributed by atoms with E-state index in [1.807, 2.05) is 0 Å². The summed E-state index contributed by atoms with van der Waals surface area (Å²) in [6.07, 6.45) is 0.284. The van der Waals surface area contributed by atoms with E-state index in [4.69, 9.17) is 9.57 Å². The lowest BCUT2D eigenvalue weighted by atomic mass is 10.1. The number of pyridine rings is 1. The lowest BCUT2D eigenvalue weighted by Crippen LogP contribution is -2.32. The Kier molecular flexibility index (Phi) is 4.24. The fraction of sp³-hybridized carbons (Fsp3) is 0.176. The van der Waals surface area contributed by atoms with E-state index in [0.29, 0.717) is 23.1 Å². The predicted octanol–water partition coefficient (Wildman–Crippen LogP) is 1.78. The van der Waals surface area contributed by atoms with Crippen LogP contribution in [0.2, 0.25) is 0 Å². The van der Waals surface area contributed by atoms with Crippen molar-refractivity contribution in [3.8, 4) is 5.88 Å². The number of hydrogen-bond acceptors (Lipinski definition) is 6. The maximum atomic E-state index is 12.1. The zero-order valence-electron chi connectivity index (χ0n) is 12.9. The molecule has 7 nitrogen and oxygen atoms in total. The number of amides is 2. The highest BCUT2D eigenvalue weighted by Crippen LogP contribution is 2.23. The minimum Gasteiger partial charge on any atom is -0.481 e. The number of imide groups is 1. The number of methoxy groups -OCH3 is 1. The smallest absolute Gasteiger partial charge is 0.333 e. The first-order chi connectivity index (χ1) is 11.6. The summed E-state index contributed by atoms with van der Waals surface area (Å²) in [6, 6.07) is 11.5. The van der Waals surface area contributed by atoms with Crippen molar-refractivity contribution < 1.29 is 24.0 Å². The highest BCUT2D eigenvalue weighted by Gasteiger charge is 2.38. The van der Waals surface area contributed by atoms with Crippen molar-refractivity contribution >= 4 is 17.8 Å². The van der Waals surface area contributed by atoms with Crippen molar-refractivity contribution in [3.63, 3.8) is 0 Å². The normalized spacial score (nSPS) is 13.0. The zero-order chi connectivity index (χ0) is 17.1. The quantitative estimate of drug-likeness (QED) is 0.779. The molecule has 0 bridgehead atoms. The topological polar surface area (TPSA) is 85.8 Å². The average molecular weight is 326 g/mol. The van der Waals surface area contributed by atoms with E-state index in [1.54, 1.807) is 30.3 Å². The van der Waals surface area contributed by atoms with Gasteiger partial charge in [0.15, 0.2) is 0 Å². The highest BCUT2D eigenvalue weighted by atomic mass is 16.7. The Hall–Kier alpha value is -3.22. The Morgan fingerprint density at radius 2 is 1.71 bits per heavy atom. The molecule has 1 aliphatic rings. The van der Waals surface area contributed by atoms with Crippen LogP contribution in [0.1, 0.15) is 32.8 Å². The van der Waals surface area contributed by atoms with Gasteiger partial charge in [-0.2, -0.15) is 0 Å². The molecular weight excluding hydrogens is 312 g/mol. The number of benzene rings is 1. The van der Waals surface area contributed by atoms with Gasteiger partial charge in [-0.15, -0.1) is 0 Å². The second-order valence-corrected chi connectivity index (χ2v) is 5.08. The van der Waals surface area contributed by atoms with E-state index in [1.165, 1.54) is 19.2 Å². The third-order valence-electron chi connectivity index (χ3n) is 3.53. The number of aromatic nitrogens is 1. The second-order valence-electron chi connectivity index (χ2n) is 5.08. The molecule has 1 aromatic heterocycles. The summed E-state index contributed by atoms with van der Waals surface area (Å²) in [5.74, 6) is -1.51. The van der Waals surface area contributed by atoms with Gasteiger partial charge in [0.05, 0.1) is 24.7 Å². The van der Waals surface area contributed by atoms with Crippen LogP contribution in [0.4, 0.5) is 0 Å². The molecule has 0 aliphatic carbocycles. The van der Waals surface area contributed by atoms with Crippen molar-refractivity contribution in [2.75, 3.05) is 7.11 Å². The fourth-order valence-corrected chi connectivity index (χ4v) is 2.34. The van der Waals surface area contributed by atoms with E-state index in [0.717, 1.165) is 0 Å². The van der Waals surface area contributed by atoms with Crippen LogP contribution < -0.4 is 4.74 Å². The van der Waals surface area contributed by atoms with Gasteiger partial charge in [-0.05, 0) is 18.2 Å².